The summed E-state index contributed by atoms with van der Waals surface area (Å²) in [6.45, 7) is 6.66. The van der Waals surface area contributed by atoms with Crippen LogP contribution in [0.5, 0.6) is 0 Å². The largest absolute Gasteiger partial charge is 0.462 e. The Bertz CT molecular complexity index is 1300. The van der Waals surface area contributed by atoms with Gasteiger partial charge in [0.05, 0.1) is 0 Å². The van der Waals surface area contributed by atoms with Crippen molar-refractivity contribution in [1.29, 1.82) is 0 Å². The van der Waals surface area contributed by atoms with E-state index in [0.717, 1.165) is 70.6 Å². The summed E-state index contributed by atoms with van der Waals surface area (Å²) in [7, 11) is 0. The van der Waals surface area contributed by atoms with Crippen LogP contribution < -0.4 is 0 Å². The Balaban J connectivity index is 3.98. The Morgan fingerprint density at radius 2 is 0.462 bits per heavy atom. The van der Waals surface area contributed by atoms with Gasteiger partial charge < -0.3 is 14.2 Å². The van der Waals surface area contributed by atoms with Gasteiger partial charge in [0.1, 0.15) is 13.2 Å². The zero-order chi connectivity index (χ0) is 56.4. The van der Waals surface area contributed by atoms with E-state index in [4.69, 9.17) is 14.2 Å². The molecule has 0 saturated carbocycles. The first-order valence-corrected chi connectivity index (χ1v) is 35.0. The minimum atomic E-state index is -0.771. The lowest BCUT2D eigenvalue weighted by atomic mass is 10.0. The lowest BCUT2D eigenvalue weighted by molar-refractivity contribution is -0.167. The quantitative estimate of drug-likeness (QED) is 0.0261. The average Bonchev–Trinajstić information content (AvgIpc) is 3.44. The maximum absolute atomic E-state index is 12.9. The SMILES string of the molecule is CCCCCCC/C=C\C/C=C\CCCCCCCCCCCCCCCCCCCCCCCCCC(=O)OCC(COC(=O)CCCCCCCCCCC)OC(=O)CCCCCCC/C=C\CCCCCCCCC. The molecule has 6 nitrogen and oxygen atoms in total. The number of hydrogen-bond acceptors (Lipinski definition) is 6. The molecule has 0 aliphatic rings. The Labute approximate surface area is 486 Å². The molecule has 0 spiro atoms. The third kappa shape index (κ3) is 64.5. The molecule has 0 aliphatic heterocycles. The second-order valence-electron chi connectivity index (χ2n) is 23.8. The fourth-order valence-electron chi connectivity index (χ4n) is 10.6. The van der Waals surface area contributed by atoms with Crippen molar-refractivity contribution in [2.24, 2.45) is 0 Å². The van der Waals surface area contributed by atoms with Crippen LogP contribution in [0.2, 0.25) is 0 Å². The van der Waals surface area contributed by atoms with E-state index in [9.17, 15) is 14.4 Å². The van der Waals surface area contributed by atoms with Crippen molar-refractivity contribution in [1.82, 2.24) is 0 Å². The highest BCUT2D eigenvalue weighted by molar-refractivity contribution is 5.71. The molecule has 0 bridgehead atoms. The van der Waals surface area contributed by atoms with Crippen LogP contribution >= 0.6 is 0 Å². The van der Waals surface area contributed by atoms with E-state index in [1.54, 1.807) is 0 Å². The summed E-state index contributed by atoms with van der Waals surface area (Å²) in [6, 6.07) is 0. The molecule has 0 aromatic carbocycles. The molecular formula is C72H134O6. The summed E-state index contributed by atoms with van der Waals surface area (Å²) in [4.78, 5) is 38.2. The normalized spacial score (nSPS) is 12.2. The number of rotatable bonds is 65. The Kier molecular flexibility index (Phi) is 65.1. The number of hydrogen-bond donors (Lipinski definition) is 0. The molecule has 0 saturated heterocycles. The first kappa shape index (κ1) is 75.6. The topological polar surface area (TPSA) is 78.9 Å². The maximum Gasteiger partial charge on any atom is 0.306 e. The first-order valence-electron chi connectivity index (χ1n) is 35.0. The summed E-state index contributed by atoms with van der Waals surface area (Å²) in [5.74, 6) is -0.856. The van der Waals surface area contributed by atoms with Gasteiger partial charge >= 0.3 is 17.9 Å². The zero-order valence-electron chi connectivity index (χ0n) is 52.7. The van der Waals surface area contributed by atoms with Gasteiger partial charge in [-0.3, -0.25) is 14.4 Å². The van der Waals surface area contributed by atoms with E-state index in [0.29, 0.717) is 19.3 Å². The van der Waals surface area contributed by atoms with E-state index in [2.05, 4.69) is 57.2 Å². The molecule has 0 amide bonds. The van der Waals surface area contributed by atoms with Crippen molar-refractivity contribution in [2.75, 3.05) is 13.2 Å². The molecule has 0 fully saturated rings. The van der Waals surface area contributed by atoms with Gasteiger partial charge in [0.15, 0.2) is 6.10 Å². The van der Waals surface area contributed by atoms with Gasteiger partial charge in [-0.25, -0.2) is 0 Å². The van der Waals surface area contributed by atoms with Gasteiger partial charge in [-0.2, -0.15) is 0 Å². The van der Waals surface area contributed by atoms with Crippen molar-refractivity contribution in [3.8, 4) is 0 Å². The van der Waals surface area contributed by atoms with Crippen LogP contribution in [0.25, 0.3) is 0 Å². The average molecular weight is 1100 g/mol. The van der Waals surface area contributed by atoms with Crippen LogP contribution in [0.15, 0.2) is 36.5 Å². The van der Waals surface area contributed by atoms with Crippen molar-refractivity contribution in [2.45, 2.75) is 393 Å². The Morgan fingerprint density at radius 3 is 0.718 bits per heavy atom. The van der Waals surface area contributed by atoms with Gasteiger partial charge in [-0.1, -0.05) is 327 Å². The third-order valence-electron chi connectivity index (χ3n) is 15.9. The van der Waals surface area contributed by atoms with Crippen LogP contribution in [-0.2, 0) is 28.6 Å². The van der Waals surface area contributed by atoms with Crippen LogP contribution in [0, 0.1) is 0 Å². The van der Waals surface area contributed by atoms with Crippen molar-refractivity contribution in [3.63, 3.8) is 0 Å². The van der Waals surface area contributed by atoms with Crippen molar-refractivity contribution >= 4 is 17.9 Å². The molecule has 458 valence electrons. The first-order chi connectivity index (χ1) is 38.5. The fourth-order valence-corrected chi connectivity index (χ4v) is 10.6. The highest BCUT2D eigenvalue weighted by atomic mass is 16.6. The molecule has 0 heterocycles. The van der Waals surface area contributed by atoms with E-state index in [-0.39, 0.29) is 31.1 Å². The number of allylic oxidation sites excluding steroid dienone is 6. The van der Waals surface area contributed by atoms with E-state index in [1.165, 1.54) is 276 Å². The summed E-state index contributed by atoms with van der Waals surface area (Å²) >= 11 is 0. The van der Waals surface area contributed by atoms with Gasteiger partial charge in [0.25, 0.3) is 0 Å². The van der Waals surface area contributed by atoms with E-state index in [1.807, 2.05) is 0 Å². The molecule has 0 aliphatic carbocycles. The second kappa shape index (κ2) is 67.1. The lowest BCUT2D eigenvalue weighted by Crippen LogP contribution is -2.30. The minimum absolute atomic E-state index is 0.0695. The van der Waals surface area contributed by atoms with Gasteiger partial charge in [0, 0.05) is 19.3 Å². The zero-order valence-corrected chi connectivity index (χ0v) is 52.7. The van der Waals surface area contributed by atoms with Gasteiger partial charge in [0.2, 0.25) is 0 Å². The summed E-state index contributed by atoms with van der Waals surface area (Å²) in [6.07, 6.45) is 83.5. The predicted molar refractivity (Wildman–Crippen MR) is 339 cm³/mol. The van der Waals surface area contributed by atoms with Crippen LogP contribution in [0.1, 0.15) is 387 Å². The third-order valence-corrected chi connectivity index (χ3v) is 15.9. The van der Waals surface area contributed by atoms with Crippen molar-refractivity contribution in [3.05, 3.63) is 36.5 Å². The summed E-state index contributed by atoms with van der Waals surface area (Å²) < 4.78 is 16.9. The highest BCUT2D eigenvalue weighted by Crippen LogP contribution is 2.18. The molecule has 0 aromatic heterocycles. The van der Waals surface area contributed by atoms with Crippen molar-refractivity contribution < 1.29 is 28.6 Å². The van der Waals surface area contributed by atoms with Gasteiger partial charge in [-0.15, -0.1) is 0 Å². The Morgan fingerprint density at radius 1 is 0.256 bits per heavy atom. The number of unbranched alkanes of at least 4 members (excludes halogenated alkanes) is 48. The summed E-state index contributed by atoms with van der Waals surface area (Å²) in [5.41, 5.74) is 0. The van der Waals surface area contributed by atoms with Crippen LogP contribution in [-0.4, -0.2) is 37.2 Å². The number of ether oxygens (including phenoxy) is 3. The molecule has 0 aromatic rings. The molecule has 1 atom stereocenters. The monoisotopic (exact) mass is 1100 g/mol. The van der Waals surface area contributed by atoms with Crippen LogP contribution in [0.3, 0.4) is 0 Å². The van der Waals surface area contributed by atoms with Crippen LogP contribution in [0.4, 0.5) is 0 Å². The number of carbonyl (C=O) groups excluding carboxylic acids is 3. The molecule has 6 heteroatoms. The molecule has 1 unspecified atom stereocenters. The number of carbonyl (C=O) groups is 3. The molecule has 78 heavy (non-hydrogen) atoms. The maximum atomic E-state index is 12.9. The standard InChI is InChI=1S/C72H134O6/c1-4-7-10-13-16-19-21-23-25-27-28-29-30-31-32-33-34-35-36-37-38-39-40-41-42-43-44-45-47-48-50-53-56-59-62-65-71(74)77-68-69(67-76-70(73)64-61-58-55-52-18-15-12-9-6-3)78-72(75)66-63-60-57-54-51-49-46-26-24-22-20-17-14-11-8-5-2/h21,23,26-28,46,69H,4-20,22,24-25,29-45,47-68H2,1-3H3/b23-21-,28-27-,46-26-. The fraction of sp³-hybridized carbons (Fsp3) is 0.875. The smallest absolute Gasteiger partial charge is 0.306 e. The summed E-state index contributed by atoms with van der Waals surface area (Å²) in [5, 5.41) is 0. The second-order valence-corrected chi connectivity index (χ2v) is 23.8. The van der Waals surface area contributed by atoms with E-state index >= 15 is 0 Å². The molecular weight excluding hydrogens is 961 g/mol. The number of esters is 3. The van der Waals surface area contributed by atoms with E-state index < -0.39 is 6.10 Å². The molecule has 0 rings (SSSR count). The molecule has 0 N–H and O–H groups in total. The van der Waals surface area contributed by atoms with Gasteiger partial charge in [-0.05, 0) is 77.0 Å². The highest BCUT2D eigenvalue weighted by Gasteiger charge is 2.19. The molecule has 0 radical (unpaired) electrons. The predicted octanol–water partition coefficient (Wildman–Crippen LogP) is 23.9. The Hall–Kier alpha value is -2.37. The lowest BCUT2D eigenvalue weighted by Gasteiger charge is -2.18. The minimum Gasteiger partial charge on any atom is -0.462 e.